The van der Waals surface area contributed by atoms with E-state index in [0.717, 1.165) is 5.56 Å². The quantitative estimate of drug-likeness (QED) is 0.724. The summed E-state index contributed by atoms with van der Waals surface area (Å²) in [6, 6.07) is 10.00. The minimum Gasteiger partial charge on any atom is -0.392 e. The Morgan fingerprint density at radius 3 is 2.21 bits per heavy atom. The summed E-state index contributed by atoms with van der Waals surface area (Å²) < 4.78 is 0. The van der Waals surface area contributed by atoms with E-state index < -0.39 is 0 Å². The standard InChI is InChI=1S/C13H18O/c1-4-12(13(14)10(2)3)11-8-6-5-7-9-11/h4-10,12-14H,1H2,2-3H3. The fourth-order valence-corrected chi connectivity index (χ4v) is 1.56. The third-order valence-corrected chi connectivity index (χ3v) is 2.49. The van der Waals surface area contributed by atoms with E-state index in [0.29, 0.717) is 0 Å². The van der Waals surface area contributed by atoms with Gasteiger partial charge in [0.2, 0.25) is 0 Å². The molecule has 1 nitrogen and oxygen atoms in total. The van der Waals surface area contributed by atoms with Gasteiger partial charge in [-0.2, -0.15) is 0 Å². The molecule has 0 aromatic heterocycles. The molecule has 0 bridgehead atoms. The molecule has 0 aliphatic carbocycles. The van der Waals surface area contributed by atoms with Crippen LogP contribution in [-0.2, 0) is 0 Å². The van der Waals surface area contributed by atoms with Crippen LogP contribution in [0.2, 0.25) is 0 Å². The van der Waals surface area contributed by atoms with Crippen molar-refractivity contribution in [2.45, 2.75) is 25.9 Å². The third-order valence-electron chi connectivity index (χ3n) is 2.49. The molecule has 76 valence electrons. The Kier molecular flexibility index (Phi) is 3.90. The van der Waals surface area contributed by atoms with E-state index in [-0.39, 0.29) is 17.9 Å². The molecular formula is C13H18O. The molecule has 2 atom stereocenters. The fourth-order valence-electron chi connectivity index (χ4n) is 1.56. The Morgan fingerprint density at radius 2 is 1.79 bits per heavy atom. The van der Waals surface area contributed by atoms with Gasteiger partial charge in [0.05, 0.1) is 6.10 Å². The van der Waals surface area contributed by atoms with Crippen molar-refractivity contribution in [3.8, 4) is 0 Å². The molecule has 1 rings (SSSR count). The van der Waals surface area contributed by atoms with Gasteiger partial charge in [0.15, 0.2) is 0 Å². The summed E-state index contributed by atoms with van der Waals surface area (Å²) in [5, 5.41) is 9.97. The molecule has 0 saturated heterocycles. The van der Waals surface area contributed by atoms with Crippen molar-refractivity contribution >= 4 is 0 Å². The maximum atomic E-state index is 9.97. The third kappa shape index (κ3) is 2.46. The van der Waals surface area contributed by atoms with Gasteiger partial charge in [-0.15, -0.1) is 6.58 Å². The zero-order chi connectivity index (χ0) is 10.6. The first-order valence-corrected chi connectivity index (χ1v) is 5.02. The summed E-state index contributed by atoms with van der Waals surface area (Å²) in [4.78, 5) is 0. The van der Waals surface area contributed by atoms with E-state index in [9.17, 15) is 5.11 Å². The van der Waals surface area contributed by atoms with Crippen molar-refractivity contribution < 1.29 is 5.11 Å². The lowest BCUT2D eigenvalue weighted by Crippen LogP contribution is -2.22. The number of hydrogen-bond donors (Lipinski definition) is 1. The van der Waals surface area contributed by atoms with Crippen molar-refractivity contribution in [3.63, 3.8) is 0 Å². The van der Waals surface area contributed by atoms with Crippen LogP contribution in [0, 0.1) is 5.92 Å². The minimum atomic E-state index is -0.352. The lowest BCUT2D eigenvalue weighted by Gasteiger charge is -2.23. The summed E-state index contributed by atoms with van der Waals surface area (Å²) in [7, 11) is 0. The molecule has 1 N–H and O–H groups in total. The Labute approximate surface area is 86.1 Å². The van der Waals surface area contributed by atoms with Gasteiger partial charge in [-0.25, -0.2) is 0 Å². The Balaban J connectivity index is 2.88. The van der Waals surface area contributed by atoms with Gasteiger partial charge in [0, 0.05) is 5.92 Å². The fraction of sp³-hybridized carbons (Fsp3) is 0.385. The molecule has 14 heavy (non-hydrogen) atoms. The van der Waals surface area contributed by atoms with E-state index in [4.69, 9.17) is 0 Å². The van der Waals surface area contributed by atoms with Gasteiger partial charge in [0.1, 0.15) is 0 Å². The molecule has 0 aliphatic rings. The van der Waals surface area contributed by atoms with E-state index in [1.54, 1.807) is 0 Å². The summed E-state index contributed by atoms with van der Waals surface area (Å²) in [5.74, 6) is 0.286. The predicted octanol–water partition coefficient (Wildman–Crippen LogP) is 2.97. The van der Waals surface area contributed by atoms with Crippen LogP contribution in [-0.4, -0.2) is 11.2 Å². The van der Waals surface area contributed by atoms with E-state index in [1.807, 2.05) is 50.3 Å². The van der Waals surface area contributed by atoms with Gasteiger partial charge in [-0.3, -0.25) is 0 Å². The predicted molar refractivity (Wildman–Crippen MR) is 60.2 cm³/mol. The highest BCUT2D eigenvalue weighted by atomic mass is 16.3. The zero-order valence-corrected chi connectivity index (χ0v) is 8.85. The summed E-state index contributed by atoms with van der Waals surface area (Å²) >= 11 is 0. The molecule has 1 heteroatoms. The molecule has 0 fully saturated rings. The normalized spacial score (nSPS) is 15.1. The molecule has 0 radical (unpaired) electrons. The second kappa shape index (κ2) is 4.97. The van der Waals surface area contributed by atoms with Gasteiger partial charge in [-0.1, -0.05) is 50.3 Å². The van der Waals surface area contributed by atoms with Crippen LogP contribution >= 0.6 is 0 Å². The summed E-state index contributed by atoms with van der Waals surface area (Å²) in [5.41, 5.74) is 1.13. The highest BCUT2D eigenvalue weighted by Crippen LogP contribution is 2.24. The van der Waals surface area contributed by atoms with Gasteiger partial charge >= 0.3 is 0 Å². The smallest absolute Gasteiger partial charge is 0.0666 e. The van der Waals surface area contributed by atoms with E-state index in [1.165, 1.54) is 0 Å². The molecule has 1 aromatic carbocycles. The van der Waals surface area contributed by atoms with Crippen LogP contribution in [0.1, 0.15) is 25.3 Å². The highest BCUT2D eigenvalue weighted by Gasteiger charge is 2.20. The number of benzene rings is 1. The second-order valence-corrected chi connectivity index (χ2v) is 3.91. The molecule has 0 heterocycles. The maximum Gasteiger partial charge on any atom is 0.0666 e. The van der Waals surface area contributed by atoms with Crippen molar-refractivity contribution in [1.82, 2.24) is 0 Å². The second-order valence-electron chi connectivity index (χ2n) is 3.91. The Morgan fingerprint density at radius 1 is 1.21 bits per heavy atom. The topological polar surface area (TPSA) is 20.2 Å². The molecule has 0 saturated carbocycles. The largest absolute Gasteiger partial charge is 0.392 e. The Bertz CT molecular complexity index is 277. The van der Waals surface area contributed by atoms with E-state index in [2.05, 4.69) is 6.58 Å². The molecule has 1 aromatic rings. The molecular weight excluding hydrogens is 172 g/mol. The molecule has 0 amide bonds. The maximum absolute atomic E-state index is 9.97. The Hall–Kier alpha value is -1.08. The SMILES string of the molecule is C=CC(c1ccccc1)C(O)C(C)C. The first kappa shape index (κ1) is 11.0. The van der Waals surface area contributed by atoms with Gasteiger partial charge < -0.3 is 5.11 Å². The van der Waals surface area contributed by atoms with E-state index >= 15 is 0 Å². The summed E-state index contributed by atoms with van der Waals surface area (Å²) in [6.45, 7) is 7.82. The van der Waals surface area contributed by atoms with Crippen LogP contribution in [0.3, 0.4) is 0 Å². The van der Waals surface area contributed by atoms with Crippen LogP contribution in [0.15, 0.2) is 43.0 Å². The number of hydrogen-bond acceptors (Lipinski definition) is 1. The van der Waals surface area contributed by atoms with Crippen molar-refractivity contribution in [3.05, 3.63) is 48.6 Å². The number of aliphatic hydroxyl groups is 1. The average Bonchev–Trinajstić information content (AvgIpc) is 2.20. The lowest BCUT2D eigenvalue weighted by atomic mass is 9.87. The first-order valence-electron chi connectivity index (χ1n) is 5.02. The first-order chi connectivity index (χ1) is 6.66. The van der Waals surface area contributed by atoms with Crippen LogP contribution in [0.25, 0.3) is 0 Å². The molecule has 0 spiro atoms. The summed E-state index contributed by atoms with van der Waals surface area (Å²) in [6.07, 6.45) is 1.47. The molecule has 2 unspecified atom stereocenters. The monoisotopic (exact) mass is 190 g/mol. The molecule has 0 aliphatic heterocycles. The number of aliphatic hydroxyl groups excluding tert-OH is 1. The minimum absolute atomic E-state index is 0.0381. The number of rotatable bonds is 4. The van der Waals surface area contributed by atoms with Crippen LogP contribution < -0.4 is 0 Å². The van der Waals surface area contributed by atoms with Crippen LogP contribution in [0.5, 0.6) is 0 Å². The zero-order valence-electron chi connectivity index (χ0n) is 8.85. The highest BCUT2D eigenvalue weighted by molar-refractivity contribution is 5.24. The average molecular weight is 190 g/mol. The van der Waals surface area contributed by atoms with Crippen LogP contribution in [0.4, 0.5) is 0 Å². The van der Waals surface area contributed by atoms with Crippen molar-refractivity contribution in [1.29, 1.82) is 0 Å². The van der Waals surface area contributed by atoms with Gasteiger partial charge in [-0.05, 0) is 11.5 Å². The van der Waals surface area contributed by atoms with Crippen molar-refractivity contribution in [2.75, 3.05) is 0 Å². The lowest BCUT2D eigenvalue weighted by molar-refractivity contribution is 0.111. The van der Waals surface area contributed by atoms with Crippen molar-refractivity contribution in [2.24, 2.45) is 5.92 Å². The van der Waals surface area contributed by atoms with Gasteiger partial charge in [0.25, 0.3) is 0 Å².